The normalized spacial score (nSPS) is 18.9. The van der Waals surface area contributed by atoms with Gasteiger partial charge < -0.3 is 15.2 Å². The molecule has 0 aromatic heterocycles. The van der Waals surface area contributed by atoms with Crippen molar-refractivity contribution in [3.63, 3.8) is 0 Å². The van der Waals surface area contributed by atoms with Crippen LogP contribution in [0, 0.1) is 16.7 Å². The van der Waals surface area contributed by atoms with Crippen molar-refractivity contribution in [1.82, 2.24) is 0 Å². The van der Waals surface area contributed by atoms with E-state index in [1.807, 2.05) is 0 Å². The van der Waals surface area contributed by atoms with Crippen LogP contribution in [-0.2, 0) is 4.79 Å². The first kappa shape index (κ1) is 15.4. The largest absolute Gasteiger partial charge is 0.495 e. The number of anilines is 1. The number of hydrogen-bond acceptors (Lipinski definition) is 3. The highest BCUT2D eigenvalue weighted by Crippen LogP contribution is 2.68. The third-order valence-corrected chi connectivity index (χ3v) is 4.99. The number of carboxylic acids is 1. The van der Waals surface area contributed by atoms with E-state index in [-0.39, 0.29) is 28.2 Å². The van der Waals surface area contributed by atoms with Crippen LogP contribution < -0.4 is 10.1 Å². The number of ether oxygens (including phenoxy) is 1. The van der Waals surface area contributed by atoms with Gasteiger partial charge in [0.1, 0.15) is 5.75 Å². The molecule has 1 aromatic rings. The molecular formula is C16H21NO4. The quantitative estimate of drug-likeness (QED) is 0.894. The van der Waals surface area contributed by atoms with Gasteiger partial charge in [0.25, 0.3) is 0 Å². The Morgan fingerprint density at radius 1 is 1.19 bits per heavy atom. The highest BCUT2D eigenvalue weighted by molar-refractivity contribution is 5.98. The molecule has 0 saturated heterocycles. The van der Waals surface area contributed by atoms with Gasteiger partial charge in [-0.05, 0) is 29.0 Å². The second-order valence-electron chi connectivity index (χ2n) is 6.59. The number of carbonyl (C=O) groups excluding carboxylic acids is 1. The van der Waals surface area contributed by atoms with Gasteiger partial charge in [0.15, 0.2) is 0 Å². The molecule has 0 heterocycles. The maximum atomic E-state index is 12.4. The van der Waals surface area contributed by atoms with Crippen molar-refractivity contribution < 1.29 is 19.4 Å². The number of carboxylic acid groups (broad SMARTS) is 1. The van der Waals surface area contributed by atoms with Gasteiger partial charge in [-0.25, -0.2) is 4.79 Å². The number of hydrogen-bond donors (Lipinski definition) is 2. The van der Waals surface area contributed by atoms with Crippen molar-refractivity contribution in [3.05, 3.63) is 23.8 Å². The molecule has 0 unspecified atom stereocenters. The molecule has 0 aliphatic heterocycles. The highest BCUT2D eigenvalue weighted by Gasteiger charge is 2.68. The fraction of sp³-hybridized carbons (Fsp3) is 0.500. The Bertz CT molecular complexity index is 590. The van der Waals surface area contributed by atoms with Gasteiger partial charge in [-0.2, -0.15) is 0 Å². The second kappa shape index (κ2) is 4.76. The average molecular weight is 291 g/mol. The fourth-order valence-electron chi connectivity index (χ4n) is 2.98. The summed E-state index contributed by atoms with van der Waals surface area (Å²) in [4.78, 5) is 23.4. The molecule has 1 aliphatic carbocycles. The molecule has 1 saturated carbocycles. The van der Waals surface area contributed by atoms with Crippen LogP contribution in [0.5, 0.6) is 5.75 Å². The van der Waals surface area contributed by atoms with E-state index in [1.54, 1.807) is 6.07 Å². The van der Waals surface area contributed by atoms with E-state index in [1.165, 1.54) is 19.2 Å². The molecule has 0 atom stereocenters. The zero-order valence-electron chi connectivity index (χ0n) is 13.0. The predicted octanol–water partition coefficient (Wildman–Crippen LogP) is 3.01. The van der Waals surface area contributed by atoms with Crippen molar-refractivity contribution in [2.75, 3.05) is 12.4 Å². The minimum absolute atomic E-state index is 0.0503. The van der Waals surface area contributed by atoms with E-state index in [2.05, 4.69) is 33.0 Å². The van der Waals surface area contributed by atoms with Crippen LogP contribution in [0.15, 0.2) is 18.2 Å². The maximum absolute atomic E-state index is 12.4. The first-order valence-corrected chi connectivity index (χ1v) is 6.85. The van der Waals surface area contributed by atoms with Crippen LogP contribution >= 0.6 is 0 Å². The van der Waals surface area contributed by atoms with Gasteiger partial charge in [-0.15, -0.1) is 0 Å². The molecule has 1 fully saturated rings. The van der Waals surface area contributed by atoms with Crippen molar-refractivity contribution in [2.24, 2.45) is 16.7 Å². The lowest BCUT2D eigenvalue weighted by atomic mass is 10.0. The summed E-state index contributed by atoms with van der Waals surface area (Å²) in [6.07, 6.45) is 0. The van der Waals surface area contributed by atoms with Crippen LogP contribution in [-0.4, -0.2) is 24.1 Å². The topological polar surface area (TPSA) is 75.6 Å². The van der Waals surface area contributed by atoms with E-state index >= 15 is 0 Å². The molecule has 1 amide bonds. The minimum atomic E-state index is -1.03. The summed E-state index contributed by atoms with van der Waals surface area (Å²) in [5, 5.41) is 11.8. The van der Waals surface area contributed by atoms with E-state index in [4.69, 9.17) is 9.84 Å². The summed E-state index contributed by atoms with van der Waals surface area (Å²) in [5.74, 6) is -0.824. The highest BCUT2D eigenvalue weighted by atomic mass is 16.5. The van der Waals surface area contributed by atoms with E-state index in [0.29, 0.717) is 11.4 Å². The first-order chi connectivity index (χ1) is 9.62. The number of benzene rings is 1. The van der Waals surface area contributed by atoms with Gasteiger partial charge in [0.05, 0.1) is 18.4 Å². The fourth-order valence-corrected chi connectivity index (χ4v) is 2.98. The third-order valence-electron chi connectivity index (χ3n) is 4.99. The van der Waals surface area contributed by atoms with Crippen molar-refractivity contribution >= 4 is 17.6 Å². The Hall–Kier alpha value is -2.04. The average Bonchev–Trinajstić information content (AvgIpc) is 2.79. The molecule has 1 aromatic carbocycles. The van der Waals surface area contributed by atoms with Gasteiger partial charge in [-0.3, -0.25) is 4.79 Å². The summed E-state index contributed by atoms with van der Waals surface area (Å²) in [7, 11) is 1.45. The predicted molar refractivity (Wildman–Crippen MR) is 79.6 cm³/mol. The Balaban J connectivity index is 2.21. The Morgan fingerprint density at radius 2 is 1.76 bits per heavy atom. The summed E-state index contributed by atoms with van der Waals surface area (Å²) < 4.78 is 5.16. The van der Waals surface area contributed by atoms with Crippen LogP contribution in [0.4, 0.5) is 5.69 Å². The number of nitrogens with one attached hydrogen (secondary N) is 1. The van der Waals surface area contributed by atoms with Crippen molar-refractivity contribution in [3.8, 4) is 5.75 Å². The molecule has 114 valence electrons. The lowest BCUT2D eigenvalue weighted by Gasteiger charge is -2.11. The van der Waals surface area contributed by atoms with Crippen LogP contribution in [0.3, 0.4) is 0 Å². The van der Waals surface area contributed by atoms with Crippen LogP contribution in [0.2, 0.25) is 0 Å². The maximum Gasteiger partial charge on any atom is 0.335 e. The summed E-state index contributed by atoms with van der Waals surface area (Å²) in [6, 6.07) is 4.41. The zero-order valence-corrected chi connectivity index (χ0v) is 13.0. The number of rotatable bonds is 4. The van der Waals surface area contributed by atoms with Crippen LogP contribution in [0.25, 0.3) is 0 Å². The molecule has 21 heavy (non-hydrogen) atoms. The SMILES string of the molecule is COc1cc(C(=O)O)ccc1NC(=O)C1C(C)(C)C1(C)C. The molecule has 1 aliphatic rings. The molecule has 0 spiro atoms. The van der Waals surface area contributed by atoms with Crippen LogP contribution in [0.1, 0.15) is 38.1 Å². The van der Waals surface area contributed by atoms with E-state index in [9.17, 15) is 9.59 Å². The van der Waals surface area contributed by atoms with Gasteiger partial charge in [0, 0.05) is 5.92 Å². The van der Waals surface area contributed by atoms with Crippen molar-refractivity contribution in [2.45, 2.75) is 27.7 Å². The van der Waals surface area contributed by atoms with Gasteiger partial charge in [-0.1, -0.05) is 27.7 Å². The summed E-state index contributed by atoms with van der Waals surface area (Å²) >= 11 is 0. The Labute approximate surface area is 124 Å². The zero-order chi connectivity index (χ0) is 16.0. The molecule has 2 rings (SSSR count). The molecule has 0 bridgehead atoms. The smallest absolute Gasteiger partial charge is 0.335 e. The number of amides is 1. The Kier molecular flexibility index (Phi) is 3.48. The Morgan fingerprint density at radius 3 is 2.19 bits per heavy atom. The summed E-state index contributed by atoms with van der Waals surface area (Å²) in [6.45, 7) is 8.29. The monoisotopic (exact) mass is 291 g/mol. The summed E-state index contributed by atoms with van der Waals surface area (Å²) in [5.41, 5.74) is 0.513. The van der Waals surface area contributed by atoms with Gasteiger partial charge >= 0.3 is 5.97 Å². The van der Waals surface area contributed by atoms with Gasteiger partial charge in [0.2, 0.25) is 5.91 Å². The molecule has 2 N–H and O–H groups in total. The van der Waals surface area contributed by atoms with Crippen molar-refractivity contribution in [1.29, 1.82) is 0 Å². The van der Waals surface area contributed by atoms with E-state index in [0.717, 1.165) is 0 Å². The molecule has 5 heteroatoms. The number of aromatic carboxylic acids is 1. The number of methoxy groups -OCH3 is 1. The standard InChI is InChI=1S/C16H21NO4/c1-15(2)12(16(15,3)4)13(18)17-10-7-6-9(14(19)20)8-11(10)21-5/h6-8,12H,1-5H3,(H,17,18)(H,19,20). The lowest BCUT2D eigenvalue weighted by Crippen LogP contribution is -2.18. The van der Waals surface area contributed by atoms with E-state index < -0.39 is 5.97 Å². The molecular weight excluding hydrogens is 270 g/mol. The number of carbonyl (C=O) groups is 2. The molecule has 5 nitrogen and oxygen atoms in total. The minimum Gasteiger partial charge on any atom is -0.495 e. The second-order valence-corrected chi connectivity index (χ2v) is 6.59. The lowest BCUT2D eigenvalue weighted by molar-refractivity contribution is -0.118. The third kappa shape index (κ3) is 2.37. The first-order valence-electron chi connectivity index (χ1n) is 6.85. The molecule has 0 radical (unpaired) electrons.